The summed E-state index contributed by atoms with van der Waals surface area (Å²) in [7, 11) is 9.68. The van der Waals surface area contributed by atoms with Crippen molar-refractivity contribution in [1.29, 1.82) is 0 Å². The second-order valence-electron chi connectivity index (χ2n) is 27.9. The number of nitrogens with zero attached hydrogens (tertiary/aromatic N) is 8. The third kappa shape index (κ3) is 23.1. The highest BCUT2D eigenvalue weighted by atomic mass is 16.5. The lowest BCUT2D eigenvalue weighted by Crippen LogP contribution is -2.64. The van der Waals surface area contributed by atoms with Gasteiger partial charge in [-0.25, -0.2) is 0 Å². The van der Waals surface area contributed by atoms with E-state index in [2.05, 4.69) is 33.2 Å². The van der Waals surface area contributed by atoms with Gasteiger partial charge < -0.3 is 75.6 Å². The molecule has 0 aliphatic carbocycles. The third-order valence-electron chi connectivity index (χ3n) is 18.2. The van der Waals surface area contributed by atoms with Crippen LogP contribution in [0.25, 0.3) is 0 Å². The van der Waals surface area contributed by atoms with Gasteiger partial charge in [0.15, 0.2) is 0 Å². The van der Waals surface area contributed by atoms with E-state index in [1.165, 1.54) is 91.7 Å². The summed E-state index contributed by atoms with van der Waals surface area (Å²) in [5, 5.41) is 26.3. The number of amides is 12. The fourth-order valence-corrected chi connectivity index (χ4v) is 12.1. The van der Waals surface area contributed by atoms with Crippen molar-refractivity contribution >= 4 is 70.9 Å². The molecule has 0 bridgehead atoms. The van der Waals surface area contributed by atoms with Gasteiger partial charge in [-0.2, -0.15) is 0 Å². The molecule has 0 spiro atoms. The van der Waals surface area contributed by atoms with Crippen LogP contribution in [0.3, 0.4) is 0 Å². The van der Waals surface area contributed by atoms with Crippen molar-refractivity contribution in [2.75, 3.05) is 88.7 Å². The van der Waals surface area contributed by atoms with E-state index in [0.29, 0.717) is 26.2 Å². The number of aliphatic hydroxyl groups is 1. The summed E-state index contributed by atoms with van der Waals surface area (Å²) in [4.78, 5) is 186. The molecule has 2 fully saturated rings. The minimum Gasteiger partial charge on any atom is -0.390 e. The summed E-state index contributed by atoms with van der Waals surface area (Å²) in [6, 6.07) is -14.8. The summed E-state index contributed by atoms with van der Waals surface area (Å²) in [5.74, 6) is -11.3. The topological polar surface area (TPSA) is 320 Å². The number of aliphatic hydroxyl groups excluding tert-OH is 1. The summed E-state index contributed by atoms with van der Waals surface area (Å²) >= 11 is 0. The first kappa shape index (κ1) is 84.1. The summed E-state index contributed by atoms with van der Waals surface area (Å²) in [6.45, 7) is 32.5. The van der Waals surface area contributed by atoms with Gasteiger partial charge in [0, 0.05) is 81.4 Å². The fourth-order valence-electron chi connectivity index (χ4n) is 12.1. The molecule has 0 aromatic rings. The van der Waals surface area contributed by atoms with Crippen LogP contribution in [0, 0.1) is 35.5 Å². The fraction of sp³-hybridized carbons (Fsp3) is 0.765. The second-order valence-corrected chi connectivity index (χ2v) is 27.9. The predicted molar refractivity (Wildman–Crippen MR) is 363 cm³/mol. The molecular weight excluding hydrogens is 1220 g/mol. The number of hydrogen-bond acceptors (Lipinski definition) is 15. The van der Waals surface area contributed by atoms with Crippen molar-refractivity contribution < 1.29 is 67.4 Å². The Labute approximate surface area is 565 Å². The summed E-state index contributed by atoms with van der Waals surface area (Å²) in [5.41, 5.74) is 0.144. The average molecular weight is 1340 g/mol. The Bertz CT molecular complexity index is 2700. The molecule has 14 atom stereocenters. The average Bonchev–Trinajstić information content (AvgIpc) is 0.813. The lowest BCUT2D eigenvalue weighted by atomic mass is 9.91. The normalized spacial score (nSPS) is 27.2. The second kappa shape index (κ2) is 38.7. The van der Waals surface area contributed by atoms with Gasteiger partial charge in [0.2, 0.25) is 70.9 Å². The smallest absolute Gasteiger partial charge is 0.249 e. The zero-order chi connectivity index (χ0) is 73.0. The Morgan fingerprint density at radius 2 is 1.02 bits per heavy atom. The van der Waals surface area contributed by atoms with Crippen molar-refractivity contribution in [3.63, 3.8) is 0 Å². The van der Waals surface area contributed by atoms with E-state index < -0.39 is 155 Å². The van der Waals surface area contributed by atoms with Crippen LogP contribution in [0.2, 0.25) is 0 Å². The molecule has 0 aromatic heterocycles. The molecule has 2 aliphatic heterocycles. The maximum absolute atomic E-state index is 15.3. The highest BCUT2D eigenvalue weighted by molar-refractivity contribution is 6.00. The summed E-state index contributed by atoms with van der Waals surface area (Å²) < 4.78 is 5.93. The van der Waals surface area contributed by atoms with Gasteiger partial charge in [-0.1, -0.05) is 94.9 Å². The van der Waals surface area contributed by atoms with E-state index in [4.69, 9.17) is 4.74 Å². The molecule has 6 N–H and O–H groups in total. The van der Waals surface area contributed by atoms with E-state index in [-0.39, 0.29) is 74.6 Å². The minimum atomic E-state index is -1.66. The van der Waals surface area contributed by atoms with Crippen molar-refractivity contribution in [2.24, 2.45) is 35.5 Å². The number of ether oxygens (including phenoxy) is 1. The molecule has 0 aromatic carbocycles. The van der Waals surface area contributed by atoms with Crippen molar-refractivity contribution in [3.8, 4) is 0 Å². The third-order valence-corrected chi connectivity index (χ3v) is 18.2. The number of allylic oxidation sites excluding steroid dienone is 2. The number of rotatable bonds is 18. The molecule has 2 rings (SSSR count). The highest BCUT2D eigenvalue weighted by Crippen LogP contribution is 2.26. The van der Waals surface area contributed by atoms with Crippen molar-refractivity contribution in [1.82, 2.24) is 65.8 Å². The minimum absolute atomic E-state index is 0.0405. The first-order valence-electron chi connectivity index (χ1n) is 33.7. The van der Waals surface area contributed by atoms with Crippen LogP contribution in [-0.2, 0) is 62.3 Å². The van der Waals surface area contributed by atoms with Crippen LogP contribution < -0.4 is 26.6 Å². The maximum Gasteiger partial charge on any atom is 0.249 e. The van der Waals surface area contributed by atoms with Gasteiger partial charge in [0.1, 0.15) is 73.1 Å². The molecule has 0 unspecified atom stereocenters. The van der Waals surface area contributed by atoms with Crippen LogP contribution >= 0.6 is 0 Å². The van der Waals surface area contributed by atoms with Crippen LogP contribution in [-0.4, -0.2) is 276 Å². The largest absolute Gasteiger partial charge is 0.390 e. The molecule has 540 valence electrons. The molecule has 2 saturated heterocycles. The SMILES string of the molecule is C=C(C)[C@@H]1NC(=O)[C@H]([C@H](C)COCC(=O)N2CCNCC2)N(C)C(=O)[C@@H](C)N(C)C(=O)[C@H](CC)NC(=O)[C@H]([C@H](O)[C@H](C)C/C=C/C)N(C)C(=O)[C@H](C(C)C)N(C)C(=O)[C@H](CC(C)C)N(C)C(=O)[C@H](CC(C)C)N(C)C(=O)[C@@H](C)NC(=O)[C@H](C)NC(=O)[C@H](CC(C)C)N(C)C1=O. The van der Waals surface area contributed by atoms with E-state index in [0.717, 1.165) is 19.6 Å². The highest BCUT2D eigenvalue weighted by Gasteiger charge is 2.46. The van der Waals surface area contributed by atoms with Gasteiger partial charge in [-0.05, 0) is 102 Å². The monoisotopic (exact) mass is 1340 g/mol. The maximum atomic E-state index is 15.3. The number of piperazine rings is 1. The Balaban J connectivity index is 3.04. The van der Waals surface area contributed by atoms with Crippen LogP contribution in [0.4, 0.5) is 0 Å². The number of carbonyl (C=O) groups is 12. The lowest BCUT2D eigenvalue weighted by molar-refractivity contribution is -0.157. The quantitative estimate of drug-likeness (QED) is 0.106. The van der Waals surface area contributed by atoms with Gasteiger partial charge in [0.25, 0.3) is 0 Å². The first-order chi connectivity index (χ1) is 44.1. The zero-order valence-corrected chi connectivity index (χ0v) is 61.4. The van der Waals surface area contributed by atoms with E-state index in [1.54, 1.807) is 58.6 Å². The van der Waals surface area contributed by atoms with Gasteiger partial charge in [0.05, 0.1) is 12.7 Å². The van der Waals surface area contributed by atoms with Crippen molar-refractivity contribution in [3.05, 3.63) is 24.3 Å². The Morgan fingerprint density at radius 3 is 1.52 bits per heavy atom. The van der Waals surface area contributed by atoms with E-state index >= 15 is 24.0 Å². The molecule has 0 saturated carbocycles. The molecule has 2 heterocycles. The van der Waals surface area contributed by atoms with Crippen LogP contribution in [0.15, 0.2) is 24.3 Å². The van der Waals surface area contributed by atoms with Gasteiger partial charge in [-0.15, -0.1) is 0 Å². The Hall–Kier alpha value is -7.00. The standard InChI is InChI=1S/C68H119N13O14/c1-25-27-28-43(13)57(83)56-61(87)72-48(26-2)64(90)74(18)47(17)63(89)79(23)55(44(14)36-95-37-52(82)81-31-29-69-30-32-81)60(86)73-53(41(9)10)67(93)75(19)49(33-38(3)4)59(85)70-45(15)58(84)71-46(16)62(88)76(20)50(34-39(5)6)65(91)77(21)51(35-40(7)8)66(92)78(22)54(42(11)12)68(94)80(56)24/h25,27,38-40,42-51,53-57,69,83H,9,26,28-37H2,1-8,10-24H3,(H,70,85)(H,71,84)(H,72,87)(H,73,86)/b27-25+/t43-,44-,45+,46-,47-,48+,49+,50+,51+,53+,54+,55+,56+,57-/m1/s1. The zero-order valence-electron chi connectivity index (χ0n) is 61.4. The molecule has 0 radical (unpaired) electrons. The van der Waals surface area contributed by atoms with E-state index in [9.17, 15) is 38.7 Å². The molecular formula is C68H119N13O14. The molecule has 27 heteroatoms. The summed E-state index contributed by atoms with van der Waals surface area (Å²) in [6.07, 6.45) is 2.59. The number of nitrogens with one attached hydrogen (secondary N) is 5. The Kier molecular flexibility index (Phi) is 34.2. The molecule has 27 nitrogen and oxygen atoms in total. The first-order valence-corrected chi connectivity index (χ1v) is 33.7. The molecule has 95 heavy (non-hydrogen) atoms. The lowest BCUT2D eigenvalue weighted by Gasteiger charge is -2.41. The number of likely N-dealkylation sites (N-methyl/N-ethyl adjacent to an activating group) is 7. The molecule has 12 amide bonds. The Morgan fingerprint density at radius 1 is 0.558 bits per heavy atom. The predicted octanol–water partition coefficient (Wildman–Crippen LogP) is 1.62. The van der Waals surface area contributed by atoms with Crippen molar-refractivity contribution in [2.45, 2.75) is 215 Å². The van der Waals surface area contributed by atoms with Crippen LogP contribution in [0.1, 0.15) is 143 Å². The molecule has 2 aliphatic rings. The van der Waals surface area contributed by atoms with Crippen LogP contribution in [0.5, 0.6) is 0 Å². The number of hydrogen-bond donors (Lipinski definition) is 6. The van der Waals surface area contributed by atoms with Gasteiger partial charge in [-0.3, -0.25) is 57.5 Å². The van der Waals surface area contributed by atoms with Gasteiger partial charge >= 0.3 is 0 Å². The number of carbonyl (C=O) groups excluding carboxylic acids is 12. The van der Waals surface area contributed by atoms with E-state index in [1.807, 2.05) is 41.5 Å².